The Morgan fingerprint density at radius 2 is 1.62 bits per heavy atom. The van der Waals surface area contributed by atoms with Crippen LogP contribution in [0.15, 0.2) is 36.4 Å². The van der Waals surface area contributed by atoms with Crippen LogP contribution in [0, 0.1) is 0 Å². The van der Waals surface area contributed by atoms with Gasteiger partial charge in [0.05, 0.1) is 7.11 Å². The van der Waals surface area contributed by atoms with Crippen LogP contribution < -0.4 is 10.6 Å². The minimum absolute atomic E-state index is 0.0135. The van der Waals surface area contributed by atoms with Crippen LogP contribution in [0.1, 0.15) is 17.3 Å². The van der Waals surface area contributed by atoms with E-state index in [-0.39, 0.29) is 5.78 Å². The molecule has 21 heavy (non-hydrogen) atoms. The molecule has 0 saturated heterocycles. The summed E-state index contributed by atoms with van der Waals surface area (Å²) >= 11 is 0. The molecule has 2 rings (SSSR count). The second kappa shape index (κ2) is 6.47. The SMILES string of the molecule is COC(=O)Nc1ccc(Nc2ccc(C(C)=O)cc2)nn1. The summed E-state index contributed by atoms with van der Waals surface area (Å²) in [6.45, 7) is 1.51. The number of benzene rings is 1. The molecule has 1 heterocycles. The van der Waals surface area contributed by atoms with Crippen molar-refractivity contribution in [1.29, 1.82) is 0 Å². The van der Waals surface area contributed by atoms with Crippen molar-refractivity contribution >= 4 is 29.2 Å². The number of ketones is 1. The highest BCUT2D eigenvalue weighted by molar-refractivity contribution is 5.94. The van der Waals surface area contributed by atoms with E-state index in [4.69, 9.17) is 0 Å². The summed E-state index contributed by atoms with van der Waals surface area (Å²) in [4.78, 5) is 22.2. The van der Waals surface area contributed by atoms with E-state index in [2.05, 4.69) is 25.6 Å². The van der Waals surface area contributed by atoms with Gasteiger partial charge in [0, 0.05) is 11.3 Å². The van der Waals surface area contributed by atoms with Gasteiger partial charge in [-0.15, -0.1) is 10.2 Å². The van der Waals surface area contributed by atoms with Gasteiger partial charge in [0.15, 0.2) is 17.4 Å². The molecule has 0 aliphatic rings. The summed E-state index contributed by atoms with van der Waals surface area (Å²) in [7, 11) is 1.27. The van der Waals surface area contributed by atoms with E-state index in [0.717, 1.165) is 5.69 Å². The largest absolute Gasteiger partial charge is 0.453 e. The van der Waals surface area contributed by atoms with Crippen molar-refractivity contribution < 1.29 is 14.3 Å². The van der Waals surface area contributed by atoms with Crippen LogP contribution in [0.2, 0.25) is 0 Å². The zero-order valence-corrected chi connectivity index (χ0v) is 11.6. The predicted octanol–water partition coefficient (Wildman–Crippen LogP) is 2.60. The maximum Gasteiger partial charge on any atom is 0.412 e. The average Bonchev–Trinajstić information content (AvgIpc) is 2.49. The highest BCUT2D eigenvalue weighted by atomic mass is 16.5. The zero-order valence-electron chi connectivity index (χ0n) is 11.6. The lowest BCUT2D eigenvalue weighted by Crippen LogP contribution is -2.12. The molecule has 7 heteroatoms. The third-order valence-corrected chi connectivity index (χ3v) is 2.64. The molecule has 2 N–H and O–H groups in total. The molecule has 0 aliphatic heterocycles. The average molecular weight is 286 g/mol. The quantitative estimate of drug-likeness (QED) is 0.839. The maximum atomic E-state index is 11.2. The molecule has 0 radical (unpaired) electrons. The number of aromatic nitrogens is 2. The van der Waals surface area contributed by atoms with Crippen molar-refractivity contribution in [2.24, 2.45) is 0 Å². The Kier molecular flexibility index (Phi) is 4.45. The lowest BCUT2D eigenvalue weighted by atomic mass is 10.1. The number of carbonyl (C=O) groups excluding carboxylic acids is 2. The Morgan fingerprint density at radius 1 is 1.00 bits per heavy atom. The Labute approximate surface area is 121 Å². The van der Waals surface area contributed by atoms with Crippen LogP contribution >= 0.6 is 0 Å². The number of amides is 1. The molecule has 2 aromatic rings. The number of carbonyl (C=O) groups is 2. The minimum atomic E-state index is -0.607. The van der Waals surface area contributed by atoms with Gasteiger partial charge < -0.3 is 10.1 Å². The maximum absolute atomic E-state index is 11.2. The molecular weight excluding hydrogens is 272 g/mol. The summed E-state index contributed by atoms with van der Waals surface area (Å²) in [5, 5.41) is 13.2. The molecule has 1 amide bonds. The molecular formula is C14H14N4O3. The molecule has 1 aromatic heterocycles. The summed E-state index contributed by atoms with van der Waals surface area (Å²) < 4.78 is 4.45. The van der Waals surface area contributed by atoms with Gasteiger partial charge in [-0.05, 0) is 43.3 Å². The first kappa shape index (κ1) is 14.4. The standard InChI is InChI=1S/C14H14N4O3/c1-9(19)10-3-5-11(6-4-10)15-12-7-8-13(18-17-12)16-14(20)21-2/h3-8H,1-2H3,(H,15,17)(H,16,18,20). The van der Waals surface area contributed by atoms with Gasteiger partial charge in [-0.1, -0.05) is 0 Å². The first-order valence-electron chi connectivity index (χ1n) is 6.15. The normalized spacial score (nSPS) is 9.81. The van der Waals surface area contributed by atoms with E-state index < -0.39 is 6.09 Å². The van der Waals surface area contributed by atoms with E-state index >= 15 is 0 Å². The van der Waals surface area contributed by atoms with Crippen LogP contribution in [0.25, 0.3) is 0 Å². The molecule has 0 unspecified atom stereocenters. The Bertz CT molecular complexity index is 638. The molecule has 1 aromatic carbocycles. The van der Waals surface area contributed by atoms with Crippen molar-refractivity contribution in [3.8, 4) is 0 Å². The highest BCUT2D eigenvalue weighted by Gasteiger charge is 2.04. The number of ether oxygens (including phenoxy) is 1. The van der Waals surface area contributed by atoms with Crippen molar-refractivity contribution in [3.05, 3.63) is 42.0 Å². The van der Waals surface area contributed by atoms with Gasteiger partial charge >= 0.3 is 6.09 Å². The molecule has 0 fully saturated rings. The number of hydrogen-bond donors (Lipinski definition) is 2. The number of Topliss-reactive ketones (excluding diaryl/α,β-unsaturated/α-hetero) is 1. The molecule has 0 spiro atoms. The number of nitrogens with one attached hydrogen (secondary N) is 2. The third kappa shape index (κ3) is 4.00. The van der Waals surface area contributed by atoms with Crippen molar-refractivity contribution in [1.82, 2.24) is 10.2 Å². The number of rotatable bonds is 4. The minimum Gasteiger partial charge on any atom is -0.453 e. The van der Waals surface area contributed by atoms with Crippen LogP contribution in [0.5, 0.6) is 0 Å². The molecule has 0 atom stereocenters. The Balaban J connectivity index is 2.02. The number of anilines is 3. The van der Waals surface area contributed by atoms with Gasteiger partial charge in [0.2, 0.25) is 0 Å². The van der Waals surface area contributed by atoms with Gasteiger partial charge in [-0.2, -0.15) is 0 Å². The van der Waals surface area contributed by atoms with Gasteiger partial charge in [0.1, 0.15) is 0 Å². The van der Waals surface area contributed by atoms with E-state index in [0.29, 0.717) is 17.2 Å². The third-order valence-electron chi connectivity index (χ3n) is 2.64. The first-order chi connectivity index (χ1) is 10.1. The second-order valence-electron chi connectivity index (χ2n) is 4.18. The summed E-state index contributed by atoms with van der Waals surface area (Å²) in [6, 6.07) is 10.3. The molecule has 108 valence electrons. The zero-order chi connectivity index (χ0) is 15.2. The van der Waals surface area contributed by atoms with E-state index in [1.165, 1.54) is 14.0 Å². The van der Waals surface area contributed by atoms with Crippen LogP contribution in [-0.4, -0.2) is 29.2 Å². The smallest absolute Gasteiger partial charge is 0.412 e. The van der Waals surface area contributed by atoms with Gasteiger partial charge in [-0.3, -0.25) is 10.1 Å². The van der Waals surface area contributed by atoms with E-state index in [1.807, 2.05) is 0 Å². The lowest BCUT2D eigenvalue weighted by Gasteiger charge is -2.06. The fourth-order valence-corrected chi connectivity index (χ4v) is 1.56. The highest BCUT2D eigenvalue weighted by Crippen LogP contribution is 2.16. The van der Waals surface area contributed by atoms with Crippen molar-refractivity contribution in [2.75, 3.05) is 17.7 Å². The van der Waals surface area contributed by atoms with Gasteiger partial charge in [0.25, 0.3) is 0 Å². The van der Waals surface area contributed by atoms with Crippen LogP contribution in [0.4, 0.5) is 22.1 Å². The number of methoxy groups -OCH3 is 1. The van der Waals surface area contributed by atoms with E-state index in [1.54, 1.807) is 36.4 Å². The molecule has 0 aliphatic carbocycles. The second-order valence-corrected chi connectivity index (χ2v) is 4.18. The van der Waals surface area contributed by atoms with Crippen LogP contribution in [-0.2, 0) is 4.74 Å². The summed E-state index contributed by atoms with van der Waals surface area (Å²) in [5.41, 5.74) is 1.42. The Morgan fingerprint density at radius 3 is 2.14 bits per heavy atom. The van der Waals surface area contributed by atoms with Crippen LogP contribution in [0.3, 0.4) is 0 Å². The predicted molar refractivity (Wildman–Crippen MR) is 77.8 cm³/mol. The van der Waals surface area contributed by atoms with Crippen molar-refractivity contribution in [2.45, 2.75) is 6.92 Å². The molecule has 7 nitrogen and oxygen atoms in total. The Hall–Kier alpha value is -2.96. The lowest BCUT2D eigenvalue weighted by molar-refractivity contribution is 0.101. The number of hydrogen-bond acceptors (Lipinski definition) is 6. The first-order valence-corrected chi connectivity index (χ1v) is 6.15. The van der Waals surface area contributed by atoms with Gasteiger partial charge in [-0.25, -0.2) is 4.79 Å². The monoisotopic (exact) mass is 286 g/mol. The molecule has 0 saturated carbocycles. The number of nitrogens with zero attached hydrogens (tertiary/aromatic N) is 2. The fraction of sp³-hybridized carbons (Fsp3) is 0.143. The fourth-order valence-electron chi connectivity index (χ4n) is 1.56. The molecule has 0 bridgehead atoms. The van der Waals surface area contributed by atoms with E-state index in [9.17, 15) is 9.59 Å². The van der Waals surface area contributed by atoms with Crippen molar-refractivity contribution in [3.63, 3.8) is 0 Å². The summed E-state index contributed by atoms with van der Waals surface area (Å²) in [5.74, 6) is 0.819. The topological polar surface area (TPSA) is 93.2 Å². The summed E-state index contributed by atoms with van der Waals surface area (Å²) in [6.07, 6.45) is -0.607.